The Kier molecular flexibility index (Phi) is 3.05. The van der Waals surface area contributed by atoms with E-state index >= 15 is 0 Å². The minimum Gasteiger partial charge on any atom is -0.508 e. The Morgan fingerprint density at radius 2 is 1.94 bits per heavy atom. The number of nitrogens with zero attached hydrogens (tertiary/aromatic N) is 2. The summed E-state index contributed by atoms with van der Waals surface area (Å²) < 4.78 is 9.68. The molecule has 0 aliphatic heterocycles. The Hall–Kier alpha value is -1.62. The van der Waals surface area contributed by atoms with E-state index in [-0.39, 0.29) is 5.75 Å². The lowest BCUT2D eigenvalue weighted by molar-refractivity contribution is 0.462. The Balaban J connectivity index is 2.11. The van der Waals surface area contributed by atoms with Crippen molar-refractivity contribution in [2.24, 2.45) is 0 Å². The smallest absolute Gasteiger partial charge is 0.298 e. The van der Waals surface area contributed by atoms with Crippen LogP contribution in [0.4, 0.5) is 0 Å². The zero-order valence-electron chi connectivity index (χ0n) is 9.04. The van der Waals surface area contributed by atoms with Gasteiger partial charge in [0.25, 0.3) is 5.19 Å². The Labute approximate surface area is 97.7 Å². The quantitative estimate of drug-likeness (QED) is 0.889. The molecule has 2 aromatic rings. The van der Waals surface area contributed by atoms with Gasteiger partial charge in [-0.3, -0.25) is 0 Å². The first-order valence-electron chi connectivity index (χ1n) is 4.95. The van der Waals surface area contributed by atoms with Gasteiger partial charge in [-0.1, -0.05) is 13.8 Å². The summed E-state index contributed by atoms with van der Waals surface area (Å²) in [5.74, 6) is 1.95. The second kappa shape index (κ2) is 4.49. The third-order valence-corrected chi connectivity index (χ3v) is 2.59. The van der Waals surface area contributed by atoms with E-state index in [0.717, 1.165) is 5.82 Å². The van der Waals surface area contributed by atoms with Gasteiger partial charge in [-0.05, 0) is 24.3 Å². The fraction of sp³-hybridized carbons (Fsp3) is 0.273. The number of ether oxygens (including phenoxy) is 1. The largest absolute Gasteiger partial charge is 0.508 e. The van der Waals surface area contributed by atoms with Crippen LogP contribution in [0.25, 0.3) is 0 Å². The highest BCUT2D eigenvalue weighted by molar-refractivity contribution is 7.07. The van der Waals surface area contributed by atoms with Crippen molar-refractivity contribution in [2.75, 3.05) is 0 Å². The summed E-state index contributed by atoms with van der Waals surface area (Å²) >= 11 is 1.23. The molecule has 0 bridgehead atoms. The van der Waals surface area contributed by atoms with E-state index in [1.54, 1.807) is 24.3 Å². The molecule has 84 valence electrons. The molecule has 0 unspecified atom stereocenters. The van der Waals surface area contributed by atoms with Crippen LogP contribution in [0, 0.1) is 0 Å². The van der Waals surface area contributed by atoms with Crippen molar-refractivity contribution in [1.82, 2.24) is 9.36 Å². The molecular formula is C11H12N2O2S. The van der Waals surface area contributed by atoms with Gasteiger partial charge < -0.3 is 9.84 Å². The van der Waals surface area contributed by atoms with Gasteiger partial charge in [-0.25, -0.2) is 0 Å². The highest BCUT2D eigenvalue weighted by Crippen LogP contribution is 2.26. The first-order valence-corrected chi connectivity index (χ1v) is 5.73. The van der Waals surface area contributed by atoms with Crippen LogP contribution in [0.3, 0.4) is 0 Å². The molecule has 0 fully saturated rings. The van der Waals surface area contributed by atoms with E-state index in [1.807, 2.05) is 13.8 Å². The SMILES string of the molecule is CC(C)c1nsc(Oc2ccc(O)cc2)n1. The molecule has 0 saturated heterocycles. The lowest BCUT2D eigenvalue weighted by Gasteiger charge is -2.00. The maximum Gasteiger partial charge on any atom is 0.298 e. The summed E-state index contributed by atoms with van der Waals surface area (Å²) in [6.45, 7) is 4.07. The van der Waals surface area contributed by atoms with E-state index < -0.39 is 0 Å². The van der Waals surface area contributed by atoms with Gasteiger partial charge >= 0.3 is 0 Å². The number of hydrogen-bond donors (Lipinski definition) is 1. The van der Waals surface area contributed by atoms with E-state index in [1.165, 1.54) is 11.5 Å². The lowest BCUT2D eigenvalue weighted by atomic mass is 10.2. The topological polar surface area (TPSA) is 55.2 Å². The van der Waals surface area contributed by atoms with Gasteiger partial charge in [0, 0.05) is 17.5 Å². The number of aromatic nitrogens is 2. The van der Waals surface area contributed by atoms with Crippen molar-refractivity contribution < 1.29 is 9.84 Å². The standard InChI is InChI=1S/C11H12N2O2S/c1-7(2)10-12-11(16-13-10)15-9-5-3-8(14)4-6-9/h3-7,14H,1-2H3. The monoisotopic (exact) mass is 236 g/mol. The number of phenols is 1. The van der Waals surface area contributed by atoms with Crippen molar-refractivity contribution in [1.29, 1.82) is 0 Å². The van der Waals surface area contributed by atoms with E-state index in [0.29, 0.717) is 16.9 Å². The third kappa shape index (κ3) is 2.49. The highest BCUT2D eigenvalue weighted by atomic mass is 32.1. The number of rotatable bonds is 3. The molecule has 0 atom stereocenters. The van der Waals surface area contributed by atoms with Crippen molar-refractivity contribution in [3.8, 4) is 16.7 Å². The van der Waals surface area contributed by atoms with Gasteiger partial charge in [0.1, 0.15) is 17.3 Å². The van der Waals surface area contributed by atoms with Crippen LogP contribution < -0.4 is 4.74 Å². The zero-order valence-corrected chi connectivity index (χ0v) is 9.86. The van der Waals surface area contributed by atoms with Crippen molar-refractivity contribution in [2.45, 2.75) is 19.8 Å². The van der Waals surface area contributed by atoms with Gasteiger partial charge in [-0.2, -0.15) is 9.36 Å². The van der Waals surface area contributed by atoms with Gasteiger partial charge in [0.2, 0.25) is 0 Å². The zero-order chi connectivity index (χ0) is 11.5. The molecule has 0 amide bonds. The van der Waals surface area contributed by atoms with Crippen molar-refractivity contribution in [3.05, 3.63) is 30.1 Å². The summed E-state index contributed by atoms with van der Waals surface area (Å²) in [5.41, 5.74) is 0. The second-order valence-corrected chi connectivity index (χ2v) is 4.38. The highest BCUT2D eigenvalue weighted by Gasteiger charge is 2.08. The number of aromatic hydroxyl groups is 1. The molecule has 0 spiro atoms. The van der Waals surface area contributed by atoms with Gasteiger partial charge in [-0.15, -0.1) is 0 Å². The van der Waals surface area contributed by atoms with Crippen LogP contribution in [0.5, 0.6) is 16.7 Å². The lowest BCUT2D eigenvalue weighted by Crippen LogP contribution is -1.89. The predicted molar refractivity (Wildman–Crippen MR) is 62.2 cm³/mol. The molecule has 16 heavy (non-hydrogen) atoms. The van der Waals surface area contributed by atoms with Gasteiger partial charge in [0.05, 0.1) is 0 Å². The Morgan fingerprint density at radius 1 is 1.25 bits per heavy atom. The number of hydrogen-bond acceptors (Lipinski definition) is 5. The summed E-state index contributed by atoms with van der Waals surface area (Å²) in [5, 5.41) is 9.64. The molecule has 1 heterocycles. The minimum absolute atomic E-state index is 0.215. The van der Waals surface area contributed by atoms with Crippen LogP contribution in [0.1, 0.15) is 25.6 Å². The van der Waals surface area contributed by atoms with Crippen molar-refractivity contribution >= 4 is 11.5 Å². The van der Waals surface area contributed by atoms with E-state index in [9.17, 15) is 0 Å². The molecule has 0 radical (unpaired) electrons. The predicted octanol–water partition coefficient (Wildman–Crippen LogP) is 3.16. The van der Waals surface area contributed by atoms with Gasteiger partial charge in [0.15, 0.2) is 0 Å². The Bertz CT molecular complexity index is 465. The van der Waals surface area contributed by atoms with Crippen molar-refractivity contribution in [3.63, 3.8) is 0 Å². The average molecular weight is 236 g/mol. The summed E-state index contributed by atoms with van der Waals surface area (Å²) in [6, 6.07) is 6.51. The summed E-state index contributed by atoms with van der Waals surface area (Å²) in [4.78, 5) is 4.25. The molecule has 0 aliphatic rings. The normalized spacial score (nSPS) is 10.7. The molecular weight excluding hydrogens is 224 g/mol. The van der Waals surface area contributed by atoms with Crippen LogP contribution in [0.2, 0.25) is 0 Å². The average Bonchev–Trinajstić information content (AvgIpc) is 2.70. The minimum atomic E-state index is 0.215. The molecule has 1 N–H and O–H groups in total. The molecule has 4 nitrogen and oxygen atoms in total. The summed E-state index contributed by atoms with van der Waals surface area (Å²) in [6.07, 6.45) is 0. The third-order valence-electron chi connectivity index (χ3n) is 1.98. The molecule has 1 aromatic heterocycles. The fourth-order valence-corrected chi connectivity index (χ4v) is 1.80. The molecule has 2 rings (SSSR count). The first kappa shape index (κ1) is 10.9. The number of benzene rings is 1. The molecule has 0 aliphatic carbocycles. The maximum absolute atomic E-state index is 9.12. The molecule has 0 saturated carbocycles. The van der Waals surface area contributed by atoms with Crippen LogP contribution >= 0.6 is 11.5 Å². The van der Waals surface area contributed by atoms with Crippen LogP contribution in [0.15, 0.2) is 24.3 Å². The molecule has 5 heteroatoms. The summed E-state index contributed by atoms with van der Waals surface area (Å²) in [7, 11) is 0. The van der Waals surface area contributed by atoms with Crippen LogP contribution in [-0.4, -0.2) is 14.5 Å². The van der Waals surface area contributed by atoms with Crippen LogP contribution in [-0.2, 0) is 0 Å². The number of phenolic OH excluding ortho intramolecular Hbond substituents is 1. The first-order chi connectivity index (χ1) is 7.65. The van der Waals surface area contributed by atoms with E-state index in [2.05, 4.69) is 9.36 Å². The maximum atomic E-state index is 9.12. The Morgan fingerprint density at radius 3 is 2.50 bits per heavy atom. The molecule has 1 aromatic carbocycles. The van der Waals surface area contributed by atoms with E-state index in [4.69, 9.17) is 9.84 Å². The second-order valence-electron chi connectivity index (χ2n) is 3.67. The fourth-order valence-electron chi connectivity index (χ4n) is 1.11.